The Morgan fingerprint density at radius 1 is 1.28 bits per heavy atom. The summed E-state index contributed by atoms with van der Waals surface area (Å²) in [6.07, 6.45) is 5.33. The van der Waals surface area contributed by atoms with Crippen LogP contribution in [0.2, 0.25) is 0 Å². The topological polar surface area (TPSA) is 49.4 Å². The fraction of sp³-hybridized carbons (Fsp3) is 1.00. The summed E-state index contributed by atoms with van der Waals surface area (Å²) in [6.45, 7) is 0.603. The Morgan fingerprint density at radius 2 is 1.89 bits per heavy atom. The number of alkyl halides is 1. The molecule has 0 spiro atoms. The average molecular weight is 295 g/mol. The van der Waals surface area contributed by atoms with Gasteiger partial charge in [0.25, 0.3) is 0 Å². The number of fused-ring (bicyclic) bond motifs is 2. The molecule has 0 aliphatic carbocycles. The molecule has 6 heteroatoms. The van der Waals surface area contributed by atoms with Gasteiger partial charge in [-0.2, -0.15) is 0 Å². The minimum absolute atomic E-state index is 0.149. The molecule has 0 aromatic heterocycles. The van der Waals surface area contributed by atoms with E-state index in [2.05, 4.69) is 16.7 Å². The first-order valence-electron chi connectivity index (χ1n) is 6.77. The van der Waals surface area contributed by atoms with Crippen molar-refractivity contribution in [3.63, 3.8) is 0 Å². The van der Waals surface area contributed by atoms with Crippen LogP contribution in [-0.4, -0.2) is 50.6 Å². The number of nitrogens with one attached hydrogen (secondary N) is 1. The van der Waals surface area contributed by atoms with Crippen molar-refractivity contribution in [3.05, 3.63) is 0 Å². The Morgan fingerprint density at radius 3 is 2.44 bits per heavy atom. The molecular formula is C12H23ClN2O2S. The molecule has 18 heavy (non-hydrogen) atoms. The summed E-state index contributed by atoms with van der Waals surface area (Å²) in [6, 6.07) is 1.34. The zero-order chi connectivity index (χ0) is 13.2. The van der Waals surface area contributed by atoms with Crippen LogP contribution < -0.4 is 4.72 Å². The molecule has 4 nitrogen and oxygen atoms in total. The third-order valence-corrected chi connectivity index (χ3v) is 6.03. The Balaban J connectivity index is 1.78. The van der Waals surface area contributed by atoms with Gasteiger partial charge in [-0.25, -0.2) is 13.1 Å². The molecule has 0 aromatic carbocycles. The van der Waals surface area contributed by atoms with Gasteiger partial charge in [0.05, 0.1) is 5.75 Å². The summed E-state index contributed by atoms with van der Waals surface area (Å²) >= 11 is 5.52. The van der Waals surface area contributed by atoms with Crippen LogP contribution in [0.3, 0.4) is 0 Å². The molecule has 0 saturated carbocycles. The minimum Gasteiger partial charge on any atom is -0.300 e. The number of nitrogens with zero attached hydrogens (tertiary/aromatic N) is 1. The lowest BCUT2D eigenvalue weighted by Crippen LogP contribution is -2.43. The summed E-state index contributed by atoms with van der Waals surface area (Å²) in [5.41, 5.74) is 0. The third-order valence-electron chi connectivity index (χ3n) is 4.33. The lowest BCUT2D eigenvalue weighted by molar-refractivity contribution is 0.135. The highest BCUT2D eigenvalue weighted by Gasteiger charge is 2.38. The fourth-order valence-electron chi connectivity index (χ4n) is 3.25. The van der Waals surface area contributed by atoms with E-state index in [1.165, 1.54) is 12.8 Å². The fourth-order valence-corrected chi connectivity index (χ4v) is 4.70. The van der Waals surface area contributed by atoms with Crippen LogP contribution in [0.15, 0.2) is 0 Å². The van der Waals surface area contributed by atoms with Gasteiger partial charge >= 0.3 is 0 Å². The second kappa shape index (κ2) is 6.07. The van der Waals surface area contributed by atoms with Crippen LogP contribution in [0.25, 0.3) is 0 Å². The Hall–Kier alpha value is 0.160. The summed E-state index contributed by atoms with van der Waals surface area (Å²) < 4.78 is 26.1. The van der Waals surface area contributed by atoms with Gasteiger partial charge in [-0.15, -0.1) is 11.6 Å². The van der Waals surface area contributed by atoms with E-state index in [0.29, 0.717) is 36.8 Å². The summed E-state index contributed by atoms with van der Waals surface area (Å²) in [5, 5.41) is 0. The van der Waals surface area contributed by atoms with Crippen molar-refractivity contribution < 1.29 is 8.42 Å². The molecule has 2 bridgehead atoms. The van der Waals surface area contributed by atoms with Crippen molar-refractivity contribution in [2.75, 3.05) is 25.2 Å². The van der Waals surface area contributed by atoms with E-state index in [0.717, 1.165) is 12.8 Å². The highest BCUT2D eigenvalue weighted by atomic mass is 35.5. The van der Waals surface area contributed by atoms with Crippen molar-refractivity contribution in [1.29, 1.82) is 0 Å². The normalized spacial score (nSPS) is 32.9. The predicted octanol–water partition coefficient (Wildman–Crippen LogP) is 1.41. The Bertz CT molecular complexity index is 360. The third kappa shape index (κ3) is 3.59. The molecule has 0 aromatic rings. The van der Waals surface area contributed by atoms with Crippen LogP contribution in [0, 0.1) is 5.92 Å². The molecule has 2 saturated heterocycles. The van der Waals surface area contributed by atoms with Crippen LogP contribution in [0.4, 0.5) is 0 Å². The van der Waals surface area contributed by atoms with Crippen LogP contribution in [-0.2, 0) is 10.0 Å². The number of sulfonamides is 1. The van der Waals surface area contributed by atoms with Gasteiger partial charge < -0.3 is 4.90 Å². The van der Waals surface area contributed by atoms with Crippen molar-refractivity contribution in [2.45, 2.75) is 44.2 Å². The predicted molar refractivity (Wildman–Crippen MR) is 74.4 cm³/mol. The molecule has 0 amide bonds. The quantitative estimate of drug-likeness (QED) is 0.754. The lowest BCUT2D eigenvalue weighted by atomic mass is 9.91. The van der Waals surface area contributed by atoms with Gasteiger partial charge in [0.15, 0.2) is 0 Å². The highest BCUT2D eigenvalue weighted by Crippen LogP contribution is 2.37. The van der Waals surface area contributed by atoms with Gasteiger partial charge in [-0.1, -0.05) is 0 Å². The van der Waals surface area contributed by atoms with Crippen LogP contribution >= 0.6 is 11.6 Å². The zero-order valence-corrected chi connectivity index (χ0v) is 12.5. The standard InChI is InChI=1S/C12H23ClN2O2S/c1-15-11-3-4-12(15)8-10(7-11)9-14-18(16,17)6-2-5-13/h10-12,14H,2-9H2,1H3. The maximum atomic E-state index is 11.7. The van der Waals surface area contributed by atoms with Crippen molar-refractivity contribution in [1.82, 2.24) is 9.62 Å². The van der Waals surface area contributed by atoms with E-state index >= 15 is 0 Å². The molecular weight excluding hydrogens is 272 g/mol. The number of hydrogen-bond donors (Lipinski definition) is 1. The second-order valence-electron chi connectivity index (χ2n) is 5.60. The first-order chi connectivity index (χ1) is 8.52. The first-order valence-corrected chi connectivity index (χ1v) is 8.96. The van der Waals surface area contributed by atoms with E-state index in [4.69, 9.17) is 11.6 Å². The van der Waals surface area contributed by atoms with Gasteiger partial charge in [-0.3, -0.25) is 0 Å². The maximum Gasteiger partial charge on any atom is 0.211 e. The van der Waals surface area contributed by atoms with E-state index in [1.807, 2.05) is 0 Å². The summed E-state index contributed by atoms with van der Waals surface area (Å²) in [5.74, 6) is 1.05. The zero-order valence-electron chi connectivity index (χ0n) is 10.9. The molecule has 0 radical (unpaired) electrons. The molecule has 2 heterocycles. The van der Waals surface area contributed by atoms with Crippen molar-refractivity contribution in [2.24, 2.45) is 5.92 Å². The monoisotopic (exact) mass is 294 g/mol. The number of hydrogen-bond acceptors (Lipinski definition) is 3. The van der Waals surface area contributed by atoms with E-state index in [-0.39, 0.29) is 5.75 Å². The smallest absolute Gasteiger partial charge is 0.211 e. The number of halogens is 1. The van der Waals surface area contributed by atoms with E-state index in [9.17, 15) is 8.42 Å². The molecule has 2 rings (SSSR count). The van der Waals surface area contributed by atoms with Gasteiger partial charge in [-0.05, 0) is 45.1 Å². The highest BCUT2D eigenvalue weighted by molar-refractivity contribution is 7.89. The largest absolute Gasteiger partial charge is 0.300 e. The molecule has 106 valence electrons. The van der Waals surface area contributed by atoms with Gasteiger partial charge in [0.1, 0.15) is 0 Å². The van der Waals surface area contributed by atoms with Gasteiger partial charge in [0.2, 0.25) is 10.0 Å². The van der Waals surface area contributed by atoms with Crippen molar-refractivity contribution in [3.8, 4) is 0 Å². The molecule has 2 aliphatic rings. The van der Waals surface area contributed by atoms with E-state index < -0.39 is 10.0 Å². The molecule has 2 atom stereocenters. The molecule has 1 N–H and O–H groups in total. The minimum atomic E-state index is -3.12. The van der Waals surface area contributed by atoms with Crippen LogP contribution in [0.5, 0.6) is 0 Å². The number of rotatable bonds is 6. The number of piperidine rings is 1. The van der Waals surface area contributed by atoms with Gasteiger partial charge in [0, 0.05) is 24.5 Å². The Kier molecular flexibility index (Phi) is 4.92. The summed E-state index contributed by atoms with van der Waals surface area (Å²) in [7, 11) is -0.922. The van der Waals surface area contributed by atoms with Crippen molar-refractivity contribution >= 4 is 21.6 Å². The molecule has 2 unspecified atom stereocenters. The lowest BCUT2D eigenvalue weighted by Gasteiger charge is -2.36. The Labute approximate surface area is 115 Å². The second-order valence-corrected chi connectivity index (χ2v) is 7.90. The SMILES string of the molecule is CN1C2CCC1CC(CNS(=O)(=O)CCCCl)C2. The molecule has 2 aliphatic heterocycles. The van der Waals surface area contributed by atoms with E-state index in [1.54, 1.807) is 0 Å². The first kappa shape index (κ1) is 14.6. The summed E-state index contributed by atoms with van der Waals surface area (Å²) in [4.78, 5) is 2.47. The average Bonchev–Trinajstić information content (AvgIpc) is 2.56. The molecule has 2 fully saturated rings. The maximum absolute atomic E-state index is 11.7. The van der Waals surface area contributed by atoms with Crippen LogP contribution in [0.1, 0.15) is 32.1 Å².